The van der Waals surface area contributed by atoms with Crippen molar-refractivity contribution in [1.82, 2.24) is 19.9 Å². The number of aromatic nitrogens is 2. The summed E-state index contributed by atoms with van der Waals surface area (Å²) in [5.74, 6) is -2.99. The zero-order valence-electron chi connectivity index (χ0n) is 12.5. The van der Waals surface area contributed by atoms with E-state index in [-0.39, 0.29) is 19.0 Å². The number of alkyl halides is 1. The first-order chi connectivity index (χ1) is 11.8. The first-order valence-corrected chi connectivity index (χ1v) is 8.17. The van der Waals surface area contributed by atoms with Gasteiger partial charge in [-0.3, -0.25) is 19.1 Å². The predicted molar refractivity (Wildman–Crippen MR) is 87.0 cm³/mol. The van der Waals surface area contributed by atoms with Gasteiger partial charge >= 0.3 is 17.7 Å². The van der Waals surface area contributed by atoms with Crippen molar-refractivity contribution in [3.05, 3.63) is 37.8 Å². The molecule has 1 rings (SSSR count). The number of carbonyl (C=O) groups excluding carboxylic acids is 1. The van der Waals surface area contributed by atoms with Gasteiger partial charge in [0, 0.05) is 12.4 Å². The molecule has 1 heterocycles. The number of aromatic amines is 1. The molecule has 0 aliphatic rings. The van der Waals surface area contributed by atoms with Crippen molar-refractivity contribution < 1.29 is 19.1 Å². The molecule has 138 valence electrons. The molecule has 0 saturated heterocycles. The van der Waals surface area contributed by atoms with E-state index < -0.39 is 40.2 Å². The van der Waals surface area contributed by atoms with Crippen molar-refractivity contribution in [3.63, 3.8) is 0 Å². The van der Waals surface area contributed by atoms with Gasteiger partial charge in [0.25, 0.3) is 5.56 Å². The van der Waals surface area contributed by atoms with Gasteiger partial charge in [-0.15, -0.1) is 28.3 Å². The summed E-state index contributed by atoms with van der Waals surface area (Å²) in [6.07, 6.45) is 0.599. The van der Waals surface area contributed by atoms with Crippen LogP contribution >= 0.6 is 23.4 Å². The molecule has 3 N–H and O–H groups in total. The van der Waals surface area contributed by atoms with Gasteiger partial charge < -0.3 is 10.4 Å². The van der Waals surface area contributed by atoms with Gasteiger partial charge in [-0.1, -0.05) is 0 Å². The zero-order chi connectivity index (χ0) is 19.0. The van der Waals surface area contributed by atoms with E-state index in [1.54, 1.807) is 4.98 Å². The second-order valence-electron chi connectivity index (χ2n) is 4.38. The molecule has 0 saturated carbocycles. The number of carbonyl (C=O) groups is 2. The number of hydrogen-bond donors (Lipinski definition) is 3. The molecule has 0 fully saturated rings. The fourth-order valence-electron chi connectivity index (χ4n) is 1.61. The second-order valence-corrected chi connectivity index (χ2v) is 5.93. The van der Waals surface area contributed by atoms with Gasteiger partial charge in [-0.25, -0.2) is 9.59 Å². The highest BCUT2D eigenvalue weighted by Gasteiger charge is 2.20. The highest BCUT2D eigenvalue weighted by molar-refractivity contribution is 8.00. The predicted octanol–water partition coefficient (Wildman–Crippen LogP) is -0.0761. The van der Waals surface area contributed by atoms with E-state index in [0.717, 1.165) is 4.57 Å². The number of halogens is 2. The number of hydrogen-bond acceptors (Lipinski definition) is 7. The highest BCUT2D eigenvalue weighted by atomic mass is 35.5. The molecule has 2 amide bonds. The number of aliphatic carboxylic acids is 1. The van der Waals surface area contributed by atoms with Crippen LogP contribution in [0.4, 0.5) is 9.18 Å². The number of urea groups is 1. The number of thioether (sulfide) groups is 1. The summed E-state index contributed by atoms with van der Waals surface area (Å²) in [5.41, 5.74) is -2.22. The van der Waals surface area contributed by atoms with Gasteiger partial charge in [0.05, 0.1) is 23.8 Å². The second kappa shape index (κ2) is 9.78. The number of nitrogens with zero attached hydrogens (tertiary/aromatic N) is 3. The minimum Gasteiger partial charge on any atom is -0.481 e. The van der Waals surface area contributed by atoms with E-state index in [1.807, 2.05) is 0 Å². The van der Waals surface area contributed by atoms with Crippen LogP contribution in [0.25, 0.3) is 0 Å². The molecular formula is C11H13ClFN5O6S. The molecule has 0 bridgehead atoms. The Morgan fingerprint density at radius 1 is 1.52 bits per heavy atom. The van der Waals surface area contributed by atoms with Crippen LogP contribution in [0.3, 0.4) is 0 Å². The minimum atomic E-state index is -1.26. The Morgan fingerprint density at radius 2 is 2.20 bits per heavy atom. The molecule has 0 radical (unpaired) electrons. The molecule has 1 atom stereocenters. The molecule has 0 aliphatic heterocycles. The van der Waals surface area contributed by atoms with Crippen molar-refractivity contribution in [1.29, 1.82) is 0 Å². The molecule has 1 aromatic rings. The molecule has 25 heavy (non-hydrogen) atoms. The molecule has 0 spiro atoms. The quantitative estimate of drug-likeness (QED) is 0.299. The fourth-order valence-corrected chi connectivity index (χ4v) is 2.62. The van der Waals surface area contributed by atoms with Gasteiger partial charge in [0.1, 0.15) is 5.37 Å². The highest BCUT2D eigenvalue weighted by Crippen LogP contribution is 2.20. The first kappa shape index (κ1) is 20.6. The number of amides is 2. The summed E-state index contributed by atoms with van der Waals surface area (Å²) in [7, 11) is 0. The lowest BCUT2D eigenvalue weighted by Crippen LogP contribution is -2.42. The minimum absolute atomic E-state index is 0.0546. The van der Waals surface area contributed by atoms with Crippen LogP contribution in [0.15, 0.2) is 21.1 Å². The Hall–Kier alpha value is -2.41. The fraction of sp³-hybridized carbons (Fsp3) is 0.455. The molecule has 14 heteroatoms. The Balaban J connectivity index is 2.98. The van der Waals surface area contributed by atoms with Crippen LogP contribution in [0, 0.1) is 10.7 Å². The molecule has 11 nitrogen and oxygen atoms in total. The summed E-state index contributed by atoms with van der Waals surface area (Å²) < 4.78 is 14.1. The van der Waals surface area contributed by atoms with Gasteiger partial charge in [-0.05, 0) is 0 Å². The number of carboxylic acids is 1. The average Bonchev–Trinajstić information content (AvgIpc) is 2.56. The standard InChI is InChI=1S/C11H13ClFN5O6S/c12-1-2-18(16-24)10(22)14-3-7(25-5-8(19)20)17-4-6(13)9(21)15-11(17)23/h4,7H,1-3,5H2,(H,14,22)(H,19,20)(H,15,21,23). The summed E-state index contributed by atoms with van der Waals surface area (Å²) in [4.78, 5) is 57.6. The van der Waals surface area contributed by atoms with E-state index in [4.69, 9.17) is 16.7 Å². The van der Waals surface area contributed by atoms with Gasteiger partial charge in [0.15, 0.2) is 0 Å². The monoisotopic (exact) mass is 397 g/mol. The summed E-state index contributed by atoms with van der Waals surface area (Å²) in [6, 6.07) is -0.936. The maximum Gasteiger partial charge on any atom is 0.340 e. The third kappa shape index (κ3) is 6.19. The Morgan fingerprint density at radius 3 is 2.76 bits per heavy atom. The maximum absolute atomic E-state index is 13.4. The molecule has 1 aromatic heterocycles. The summed E-state index contributed by atoms with van der Waals surface area (Å²) >= 11 is 6.10. The van der Waals surface area contributed by atoms with E-state index in [1.165, 1.54) is 0 Å². The number of H-pyrrole nitrogens is 1. The van der Waals surface area contributed by atoms with Crippen LogP contribution in [0.2, 0.25) is 0 Å². The number of nitrogens with one attached hydrogen (secondary N) is 2. The van der Waals surface area contributed by atoms with Crippen molar-refractivity contribution in [2.45, 2.75) is 5.37 Å². The normalized spacial score (nSPS) is 11.6. The lowest BCUT2D eigenvalue weighted by atomic mass is 10.5. The maximum atomic E-state index is 13.4. The van der Waals surface area contributed by atoms with Gasteiger partial charge in [-0.2, -0.15) is 9.40 Å². The number of carboxylic acid groups (broad SMARTS) is 1. The van der Waals surface area contributed by atoms with Crippen molar-refractivity contribution >= 4 is 35.4 Å². The van der Waals surface area contributed by atoms with E-state index in [9.17, 15) is 28.5 Å². The molecule has 0 aromatic carbocycles. The smallest absolute Gasteiger partial charge is 0.340 e. The zero-order valence-corrected chi connectivity index (χ0v) is 14.0. The van der Waals surface area contributed by atoms with Crippen molar-refractivity contribution in [3.8, 4) is 0 Å². The van der Waals surface area contributed by atoms with Crippen LogP contribution in [0.5, 0.6) is 0 Å². The van der Waals surface area contributed by atoms with Gasteiger partial charge in [0.2, 0.25) is 5.82 Å². The average molecular weight is 398 g/mol. The lowest BCUT2D eigenvalue weighted by Gasteiger charge is -2.20. The number of rotatable bonds is 9. The lowest BCUT2D eigenvalue weighted by molar-refractivity contribution is -0.133. The van der Waals surface area contributed by atoms with Crippen LogP contribution in [-0.4, -0.2) is 56.4 Å². The van der Waals surface area contributed by atoms with Crippen molar-refractivity contribution in [2.24, 2.45) is 5.29 Å². The Kier molecular flexibility index (Phi) is 8.07. The topological polar surface area (TPSA) is 154 Å². The van der Waals surface area contributed by atoms with E-state index in [0.29, 0.717) is 23.0 Å². The third-order valence-corrected chi connectivity index (χ3v) is 4.05. The largest absolute Gasteiger partial charge is 0.481 e. The molecule has 0 aliphatic carbocycles. The summed E-state index contributed by atoms with van der Waals surface area (Å²) in [6.45, 7) is -0.520. The third-order valence-electron chi connectivity index (χ3n) is 2.69. The molecular weight excluding hydrogens is 385 g/mol. The van der Waals surface area contributed by atoms with Crippen LogP contribution in [-0.2, 0) is 4.79 Å². The number of nitroso groups, excluding NO2 is 1. The van der Waals surface area contributed by atoms with E-state index >= 15 is 0 Å². The van der Waals surface area contributed by atoms with Crippen molar-refractivity contribution in [2.75, 3.05) is 24.7 Å². The SMILES string of the molecule is O=NN(CCCl)C(=O)NCC(SCC(=O)O)n1cc(F)c(=O)[nH]c1=O. The molecule has 1 unspecified atom stereocenters. The Labute approximate surface area is 148 Å². The Bertz CT molecular complexity index is 755. The van der Waals surface area contributed by atoms with E-state index in [2.05, 4.69) is 10.6 Å². The van der Waals surface area contributed by atoms with Crippen LogP contribution < -0.4 is 16.6 Å². The summed E-state index contributed by atoms with van der Waals surface area (Å²) in [5, 5.41) is 12.9. The van der Waals surface area contributed by atoms with Crippen LogP contribution in [0.1, 0.15) is 5.37 Å². The first-order valence-electron chi connectivity index (χ1n) is 6.59.